The lowest BCUT2D eigenvalue weighted by Crippen LogP contribution is -2.19. The average molecular weight is 262 g/mol. The van der Waals surface area contributed by atoms with Crippen LogP contribution >= 0.6 is 11.6 Å². The number of nitrogens with zero attached hydrogens (tertiary/aromatic N) is 2. The van der Waals surface area contributed by atoms with Gasteiger partial charge in [-0.25, -0.2) is 4.98 Å². The first-order chi connectivity index (χ1) is 8.58. The van der Waals surface area contributed by atoms with E-state index in [9.17, 15) is 0 Å². The Morgan fingerprint density at radius 2 is 1.89 bits per heavy atom. The predicted molar refractivity (Wildman–Crippen MR) is 76.9 cm³/mol. The molecule has 0 atom stereocenters. The maximum atomic E-state index is 6.04. The van der Waals surface area contributed by atoms with Gasteiger partial charge in [-0.1, -0.05) is 23.7 Å². The van der Waals surface area contributed by atoms with Crippen molar-refractivity contribution >= 4 is 23.1 Å². The van der Waals surface area contributed by atoms with Crippen LogP contribution in [-0.2, 0) is 6.54 Å². The third kappa shape index (κ3) is 2.74. The van der Waals surface area contributed by atoms with Crippen LogP contribution in [0.3, 0.4) is 0 Å². The molecule has 4 heteroatoms. The molecule has 0 unspecified atom stereocenters. The highest BCUT2D eigenvalue weighted by Gasteiger charge is 2.09. The molecule has 3 nitrogen and oxygen atoms in total. The first kappa shape index (κ1) is 12.7. The Kier molecular flexibility index (Phi) is 3.72. The molecule has 0 radical (unpaired) electrons. The highest BCUT2D eigenvalue weighted by atomic mass is 35.5. The molecular formula is C14H16ClN3. The van der Waals surface area contributed by atoms with Crippen LogP contribution in [0.25, 0.3) is 0 Å². The first-order valence-electron chi connectivity index (χ1n) is 5.74. The lowest BCUT2D eigenvalue weighted by Gasteiger charge is -2.20. The highest BCUT2D eigenvalue weighted by Crippen LogP contribution is 2.23. The first-order valence-corrected chi connectivity index (χ1v) is 6.12. The normalized spacial score (nSPS) is 10.4. The van der Waals surface area contributed by atoms with E-state index in [1.807, 2.05) is 49.2 Å². The van der Waals surface area contributed by atoms with Gasteiger partial charge in [-0.3, -0.25) is 0 Å². The topological polar surface area (TPSA) is 42.2 Å². The summed E-state index contributed by atoms with van der Waals surface area (Å²) in [6.07, 6.45) is 1.78. The maximum absolute atomic E-state index is 6.04. The Bertz CT molecular complexity index is 537. The minimum Gasteiger partial charge on any atom is -0.396 e. The highest BCUT2D eigenvalue weighted by molar-refractivity contribution is 6.30. The smallest absolute Gasteiger partial charge is 0.152 e. The number of hydrogen-bond donors (Lipinski definition) is 1. The number of aryl methyl sites for hydroxylation is 1. The van der Waals surface area contributed by atoms with Crippen LogP contribution in [0.2, 0.25) is 5.02 Å². The fraction of sp³-hybridized carbons (Fsp3) is 0.214. The van der Waals surface area contributed by atoms with Crippen molar-refractivity contribution in [1.82, 2.24) is 4.98 Å². The number of rotatable bonds is 3. The molecule has 1 heterocycles. The SMILES string of the molecule is Cc1ccnc(N(C)Cc2ccc(Cl)cc2)c1N. The van der Waals surface area contributed by atoms with E-state index in [4.69, 9.17) is 17.3 Å². The van der Waals surface area contributed by atoms with Gasteiger partial charge in [0.2, 0.25) is 0 Å². The number of halogens is 1. The second-order valence-corrected chi connectivity index (χ2v) is 4.78. The van der Waals surface area contributed by atoms with Gasteiger partial charge in [0.25, 0.3) is 0 Å². The van der Waals surface area contributed by atoms with E-state index in [2.05, 4.69) is 4.98 Å². The third-order valence-electron chi connectivity index (χ3n) is 2.88. The number of aromatic nitrogens is 1. The van der Waals surface area contributed by atoms with Crippen molar-refractivity contribution in [1.29, 1.82) is 0 Å². The maximum Gasteiger partial charge on any atom is 0.152 e. The van der Waals surface area contributed by atoms with Crippen molar-refractivity contribution in [3.05, 3.63) is 52.7 Å². The van der Waals surface area contributed by atoms with Gasteiger partial charge < -0.3 is 10.6 Å². The van der Waals surface area contributed by atoms with Gasteiger partial charge in [-0.2, -0.15) is 0 Å². The van der Waals surface area contributed by atoms with E-state index in [1.165, 1.54) is 5.56 Å². The second kappa shape index (κ2) is 5.27. The molecule has 0 aliphatic carbocycles. The van der Waals surface area contributed by atoms with Crippen LogP contribution in [0.1, 0.15) is 11.1 Å². The Labute approximate surface area is 112 Å². The Morgan fingerprint density at radius 1 is 1.22 bits per heavy atom. The molecule has 2 rings (SSSR count). The zero-order chi connectivity index (χ0) is 13.1. The minimum atomic E-state index is 0.731. The summed E-state index contributed by atoms with van der Waals surface area (Å²) < 4.78 is 0. The van der Waals surface area contributed by atoms with Gasteiger partial charge in [-0.15, -0.1) is 0 Å². The van der Waals surface area contributed by atoms with Crippen LogP contribution in [-0.4, -0.2) is 12.0 Å². The monoisotopic (exact) mass is 261 g/mol. The van der Waals surface area contributed by atoms with E-state index in [0.29, 0.717) is 0 Å². The van der Waals surface area contributed by atoms with E-state index < -0.39 is 0 Å². The number of hydrogen-bond acceptors (Lipinski definition) is 3. The minimum absolute atomic E-state index is 0.731. The van der Waals surface area contributed by atoms with Gasteiger partial charge in [0.05, 0.1) is 5.69 Å². The van der Waals surface area contributed by atoms with Crippen molar-refractivity contribution in [2.75, 3.05) is 17.7 Å². The quantitative estimate of drug-likeness (QED) is 0.922. The van der Waals surface area contributed by atoms with Crippen LogP contribution < -0.4 is 10.6 Å². The molecule has 0 aliphatic rings. The van der Waals surface area contributed by atoms with E-state index in [0.717, 1.165) is 28.6 Å². The van der Waals surface area contributed by atoms with Crippen molar-refractivity contribution in [2.24, 2.45) is 0 Å². The van der Waals surface area contributed by atoms with Gasteiger partial charge in [0.15, 0.2) is 5.82 Å². The number of pyridine rings is 1. The zero-order valence-electron chi connectivity index (χ0n) is 10.5. The van der Waals surface area contributed by atoms with Gasteiger partial charge in [-0.05, 0) is 36.2 Å². The largest absolute Gasteiger partial charge is 0.396 e. The molecule has 0 spiro atoms. The molecule has 0 bridgehead atoms. The molecule has 1 aromatic heterocycles. The van der Waals surface area contributed by atoms with Crippen molar-refractivity contribution in [3.63, 3.8) is 0 Å². The number of nitrogen functional groups attached to an aromatic ring is 1. The predicted octanol–water partition coefficient (Wildman–Crippen LogP) is 3.26. The van der Waals surface area contributed by atoms with E-state index in [1.54, 1.807) is 6.20 Å². The number of nitrogens with two attached hydrogens (primary N) is 1. The summed E-state index contributed by atoms with van der Waals surface area (Å²) in [5.41, 5.74) is 8.98. The number of benzene rings is 1. The van der Waals surface area contributed by atoms with Crippen LogP contribution in [0.15, 0.2) is 36.5 Å². The van der Waals surface area contributed by atoms with Crippen LogP contribution in [0.5, 0.6) is 0 Å². The fourth-order valence-corrected chi connectivity index (χ4v) is 1.92. The summed E-state index contributed by atoms with van der Waals surface area (Å²) in [5.74, 6) is 0.810. The summed E-state index contributed by atoms with van der Waals surface area (Å²) in [6.45, 7) is 2.73. The van der Waals surface area contributed by atoms with E-state index in [-0.39, 0.29) is 0 Å². The van der Waals surface area contributed by atoms with Crippen LogP contribution in [0, 0.1) is 6.92 Å². The number of anilines is 2. The molecule has 0 saturated carbocycles. The van der Waals surface area contributed by atoms with Crippen molar-refractivity contribution < 1.29 is 0 Å². The summed E-state index contributed by atoms with van der Waals surface area (Å²) in [4.78, 5) is 6.36. The lowest BCUT2D eigenvalue weighted by molar-refractivity contribution is 0.899. The Morgan fingerprint density at radius 3 is 2.56 bits per heavy atom. The van der Waals surface area contributed by atoms with Crippen LogP contribution in [0.4, 0.5) is 11.5 Å². The van der Waals surface area contributed by atoms with Gasteiger partial charge in [0, 0.05) is 24.8 Å². The van der Waals surface area contributed by atoms with Crippen molar-refractivity contribution in [3.8, 4) is 0 Å². The summed E-state index contributed by atoms with van der Waals surface area (Å²) in [7, 11) is 1.98. The molecule has 0 saturated heterocycles. The molecule has 0 aliphatic heterocycles. The van der Waals surface area contributed by atoms with Gasteiger partial charge >= 0.3 is 0 Å². The third-order valence-corrected chi connectivity index (χ3v) is 3.13. The summed E-state index contributed by atoms with van der Waals surface area (Å²) in [6, 6.07) is 9.69. The molecule has 1 aromatic carbocycles. The second-order valence-electron chi connectivity index (χ2n) is 4.35. The molecule has 0 fully saturated rings. The van der Waals surface area contributed by atoms with Gasteiger partial charge in [0.1, 0.15) is 0 Å². The van der Waals surface area contributed by atoms with E-state index >= 15 is 0 Å². The molecular weight excluding hydrogens is 246 g/mol. The molecule has 2 aromatic rings. The zero-order valence-corrected chi connectivity index (χ0v) is 11.3. The Hall–Kier alpha value is -1.74. The van der Waals surface area contributed by atoms with Crippen molar-refractivity contribution in [2.45, 2.75) is 13.5 Å². The standard InChI is InChI=1S/C14H16ClN3/c1-10-7-8-17-14(13(10)16)18(2)9-11-3-5-12(15)6-4-11/h3-8H,9,16H2,1-2H3. The molecule has 18 heavy (non-hydrogen) atoms. The average Bonchev–Trinajstić information content (AvgIpc) is 2.35. The molecule has 2 N–H and O–H groups in total. The molecule has 0 amide bonds. The summed E-state index contributed by atoms with van der Waals surface area (Å²) >= 11 is 5.87. The Balaban J connectivity index is 2.19. The summed E-state index contributed by atoms with van der Waals surface area (Å²) in [5, 5.41) is 0.745. The molecule has 94 valence electrons. The lowest BCUT2D eigenvalue weighted by atomic mass is 10.2. The fourth-order valence-electron chi connectivity index (χ4n) is 1.80.